The van der Waals surface area contributed by atoms with Gasteiger partial charge in [-0.1, -0.05) is 5.16 Å². The number of halogens is 1. The Morgan fingerprint density at radius 3 is 2.74 bits per heavy atom. The lowest BCUT2D eigenvalue weighted by Crippen LogP contribution is -2.42. The molecule has 1 heterocycles. The maximum atomic E-state index is 13.0. The molecular weight excluding hydrogens is 329 g/mol. The summed E-state index contributed by atoms with van der Waals surface area (Å²) in [6.07, 6.45) is -1.10. The lowest BCUT2D eigenvalue weighted by molar-refractivity contribution is 0.0569. The van der Waals surface area contributed by atoms with Crippen molar-refractivity contribution < 1.29 is 26.9 Å². The van der Waals surface area contributed by atoms with Gasteiger partial charge < -0.3 is 9.26 Å². The molecule has 0 atom stereocenters. The van der Waals surface area contributed by atoms with E-state index in [4.69, 9.17) is 9.26 Å². The summed E-state index contributed by atoms with van der Waals surface area (Å²) in [4.78, 5) is 11.5. The summed E-state index contributed by atoms with van der Waals surface area (Å²) < 4.78 is 50.2. The van der Waals surface area contributed by atoms with E-state index in [9.17, 15) is 17.6 Å². The van der Waals surface area contributed by atoms with E-state index in [0.717, 1.165) is 6.07 Å². The van der Waals surface area contributed by atoms with Crippen LogP contribution >= 0.6 is 0 Å². The molecule has 0 aliphatic rings. The number of ether oxygens (including phenoxy) is 1. The molecule has 0 saturated carbocycles. The Balaban J connectivity index is 2.02. The number of nitrogens with zero attached hydrogens (tertiary/aromatic N) is 1. The number of benzene rings is 1. The van der Waals surface area contributed by atoms with E-state index in [0.29, 0.717) is 5.39 Å². The molecule has 1 amide bonds. The van der Waals surface area contributed by atoms with Crippen molar-refractivity contribution in [2.24, 2.45) is 0 Å². The standard InChI is InChI=1S/C13H16FN3O5S/c1-13(2,3)21-12(18)17-23(19,20)15-7-10-9-5-4-8(14)6-11(9)22-16-10/h4-6,15H,7H2,1-3H3,(H,17,18). The van der Waals surface area contributed by atoms with E-state index >= 15 is 0 Å². The molecule has 0 saturated heterocycles. The summed E-state index contributed by atoms with van der Waals surface area (Å²) in [7, 11) is -4.14. The first-order valence-corrected chi connectivity index (χ1v) is 8.08. The maximum absolute atomic E-state index is 13.0. The van der Waals surface area contributed by atoms with E-state index in [1.807, 2.05) is 0 Å². The van der Waals surface area contributed by atoms with E-state index < -0.39 is 27.7 Å². The van der Waals surface area contributed by atoms with Crippen LogP contribution in [0.15, 0.2) is 22.7 Å². The predicted molar refractivity (Wildman–Crippen MR) is 79.1 cm³/mol. The number of rotatable bonds is 4. The average Bonchev–Trinajstić information content (AvgIpc) is 2.75. The van der Waals surface area contributed by atoms with Crippen LogP contribution in [0.5, 0.6) is 0 Å². The van der Waals surface area contributed by atoms with Crippen LogP contribution in [0, 0.1) is 5.82 Å². The third-order valence-electron chi connectivity index (χ3n) is 2.55. The van der Waals surface area contributed by atoms with Gasteiger partial charge in [0, 0.05) is 11.5 Å². The molecule has 1 aromatic heterocycles. The van der Waals surface area contributed by atoms with Crippen molar-refractivity contribution in [1.29, 1.82) is 0 Å². The van der Waals surface area contributed by atoms with Gasteiger partial charge in [0.15, 0.2) is 5.58 Å². The van der Waals surface area contributed by atoms with Crippen LogP contribution in [-0.2, 0) is 21.5 Å². The molecular formula is C13H16FN3O5S. The molecule has 0 spiro atoms. The van der Waals surface area contributed by atoms with Crippen molar-refractivity contribution in [3.05, 3.63) is 29.7 Å². The number of fused-ring (bicyclic) bond motifs is 1. The molecule has 0 radical (unpaired) electrons. The van der Waals surface area contributed by atoms with Gasteiger partial charge >= 0.3 is 16.3 Å². The summed E-state index contributed by atoms with van der Waals surface area (Å²) in [5.41, 5.74) is -0.375. The fourth-order valence-electron chi connectivity index (χ4n) is 1.70. The minimum Gasteiger partial charge on any atom is -0.443 e. The first-order valence-electron chi connectivity index (χ1n) is 6.60. The molecule has 2 N–H and O–H groups in total. The monoisotopic (exact) mass is 345 g/mol. The Morgan fingerprint density at radius 2 is 2.09 bits per heavy atom. The van der Waals surface area contributed by atoms with Gasteiger partial charge in [-0.05, 0) is 32.9 Å². The SMILES string of the molecule is CC(C)(C)OC(=O)NS(=O)(=O)NCc1noc2cc(F)ccc12. The average molecular weight is 345 g/mol. The minimum absolute atomic E-state index is 0.194. The first kappa shape index (κ1) is 17.2. The van der Waals surface area contributed by atoms with Crippen molar-refractivity contribution >= 4 is 27.3 Å². The number of hydrogen-bond acceptors (Lipinski definition) is 6. The molecule has 0 bridgehead atoms. The third-order valence-corrected chi connectivity index (χ3v) is 3.51. The summed E-state index contributed by atoms with van der Waals surface area (Å²) in [5, 5.41) is 4.13. The van der Waals surface area contributed by atoms with Crippen LogP contribution in [0.3, 0.4) is 0 Å². The molecule has 10 heteroatoms. The summed E-state index contributed by atoms with van der Waals surface area (Å²) >= 11 is 0. The Labute approximate surface area is 132 Å². The van der Waals surface area contributed by atoms with Crippen molar-refractivity contribution in [3.63, 3.8) is 0 Å². The van der Waals surface area contributed by atoms with Gasteiger partial charge in [0.2, 0.25) is 0 Å². The smallest absolute Gasteiger partial charge is 0.422 e. The van der Waals surface area contributed by atoms with E-state index in [1.54, 1.807) is 25.5 Å². The van der Waals surface area contributed by atoms with Crippen molar-refractivity contribution in [2.75, 3.05) is 0 Å². The van der Waals surface area contributed by atoms with Crippen LogP contribution < -0.4 is 9.44 Å². The molecule has 0 aliphatic carbocycles. The summed E-state index contributed by atoms with van der Waals surface area (Å²) in [6, 6.07) is 3.77. The number of amides is 1. The lowest BCUT2D eigenvalue weighted by Gasteiger charge is -2.19. The van der Waals surface area contributed by atoms with Gasteiger partial charge in [0.1, 0.15) is 17.1 Å². The first-order chi connectivity index (χ1) is 10.6. The van der Waals surface area contributed by atoms with Crippen LogP contribution in [0.1, 0.15) is 26.5 Å². The van der Waals surface area contributed by atoms with E-state index in [1.165, 1.54) is 12.1 Å². The van der Waals surface area contributed by atoms with E-state index in [-0.39, 0.29) is 17.8 Å². The molecule has 1 aromatic carbocycles. The molecule has 23 heavy (non-hydrogen) atoms. The molecule has 8 nitrogen and oxygen atoms in total. The molecule has 2 aromatic rings. The Morgan fingerprint density at radius 1 is 1.39 bits per heavy atom. The number of aromatic nitrogens is 1. The number of nitrogens with one attached hydrogen (secondary N) is 2. The Bertz CT molecular complexity index is 826. The van der Waals surface area contributed by atoms with Gasteiger partial charge in [-0.25, -0.2) is 13.9 Å². The highest BCUT2D eigenvalue weighted by molar-refractivity contribution is 7.88. The van der Waals surface area contributed by atoms with Crippen LogP contribution in [0.25, 0.3) is 11.0 Å². The molecule has 126 valence electrons. The second-order valence-electron chi connectivity index (χ2n) is 5.70. The molecule has 2 rings (SSSR count). The predicted octanol–water partition coefficient (Wildman–Crippen LogP) is 1.83. The van der Waals surface area contributed by atoms with Crippen molar-refractivity contribution in [3.8, 4) is 0 Å². The van der Waals surface area contributed by atoms with Gasteiger partial charge in [0.25, 0.3) is 0 Å². The molecule has 0 aliphatic heterocycles. The topological polar surface area (TPSA) is 111 Å². The second-order valence-corrected chi connectivity index (χ2v) is 7.20. The summed E-state index contributed by atoms with van der Waals surface area (Å²) in [6.45, 7) is 4.57. The highest BCUT2D eigenvalue weighted by atomic mass is 32.2. The normalized spacial score (nSPS) is 12.3. The Hall–Kier alpha value is -2.20. The highest BCUT2D eigenvalue weighted by Gasteiger charge is 2.21. The Kier molecular flexibility index (Phi) is 4.57. The van der Waals surface area contributed by atoms with Crippen LogP contribution in [0.4, 0.5) is 9.18 Å². The number of carbonyl (C=O) groups excluding carboxylic acids is 1. The van der Waals surface area contributed by atoms with Crippen molar-refractivity contribution in [2.45, 2.75) is 32.9 Å². The zero-order valence-electron chi connectivity index (χ0n) is 12.7. The lowest BCUT2D eigenvalue weighted by atomic mass is 10.2. The quantitative estimate of drug-likeness (QED) is 0.874. The number of hydrogen-bond donors (Lipinski definition) is 2. The van der Waals surface area contributed by atoms with Crippen LogP contribution in [-0.4, -0.2) is 25.3 Å². The number of carbonyl (C=O) groups is 1. The van der Waals surface area contributed by atoms with Crippen LogP contribution in [0.2, 0.25) is 0 Å². The van der Waals surface area contributed by atoms with Crippen molar-refractivity contribution in [1.82, 2.24) is 14.6 Å². The summed E-state index contributed by atoms with van der Waals surface area (Å²) in [5.74, 6) is -0.493. The molecule has 0 fully saturated rings. The van der Waals surface area contributed by atoms with Gasteiger partial charge in [-0.15, -0.1) is 0 Å². The van der Waals surface area contributed by atoms with Gasteiger partial charge in [0.05, 0.1) is 6.54 Å². The highest BCUT2D eigenvalue weighted by Crippen LogP contribution is 2.19. The maximum Gasteiger partial charge on any atom is 0.422 e. The third kappa shape index (κ3) is 4.89. The zero-order chi connectivity index (χ0) is 17.3. The molecule has 0 unspecified atom stereocenters. The largest absolute Gasteiger partial charge is 0.443 e. The van der Waals surface area contributed by atoms with Gasteiger partial charge in [-0.2, -0.15) is 13.1 Å². The van der Waals surface area contributed by atoms with E-state index in [2.05, 4.69) is 9.88 Å². The fraction of sp³-hybridized carbons (Fsp3) is 0.385. The fourth-order valence-corrected chi connectivity index (χ4v) is 2.36. The minimum atomic E-state index is -4.14. The second kappa shape index (κ2) is 6.13. The zero-order valence-corrected chi connectivity index (χ0v) is 13.5. The van der Waals surface area contributed by atoms with Gasteiger partial charge in [-0.3, -0.25) is 0 Å².